The van der Waals surface area contributed by atoms with Crippen molar-refractivity contribution in [3.63, 3.8) is 0 Å². The topological polar surface area (TPSA) is 48.1 Å². The van der Waals surface area contributed by atoms with Gasteiger partial charge in [0, 0.05) is 18.3 Å². The van der Waals surface area contributed by atoms with Crippen LogP contribution >= 0.6 is 0 Å². The zero-order valence-electron chi connectivity index (χ0n) is 11.0. The lowest BCUT2D eigenvalue weighted by Gasteiger charge is -2.07. The molecule has 1 aromatic rings. The normalized spacial score (nSPS) is 10.5. The molecule has 17 heavy (non-hydrogen) atoms. The molecule has 0 spiro atoms. The molecule has 0 aliphatic carbocycles. The van der Waals surface area contributed by atoms with Gasteiger partial charge in [-0.3, -0.25) is 0 Å². The molecule has 0 saturated heterocycles. The number of nitrogens with two attached hydrogens (primary N) is 1. The summed E-state index contributed by atoms with van der Waals surface area (Å²) in [6.07, 6.45) is 6.26. The maximum absolute atomic E-state index is 5.61. The van der Waals surface area contributed by atoms with E-state index in [9.17, 15) is 0 Å². The maximum Gasteiger partial charge on any atom is 0.213 e. The number of aryl methyl sites for hydroxylation is 1. The van der Waals surface area contributed by atoms with Crippen LogP contribution in [0.15, 0.2) is 12.1 Å². The first kappa shape index (κ1) is 14.0. The van der Waals surface area contributed by atoms with Crippen LogP contribution in [0, 0.1) is 6.92 Å². The highest BCUT2D eigenvalue weighted by Crippen LogP contribution is 2.12. The van der Waals surface area contributed by atoms with Gasteiger partial charge < -0.3 is 10.5 Å². The zero-order chi connectivity index (χ0) is 12.5. The first-order valence-corrected chi connectivity index (χ1v) is 6.57. The van der Waals surface area contributed by atoms with Gasteiger partial charge in [0.15, 0.2) is 0 Å². The molecule has 1 heterocycles. The van der Waals surface area contributed by atoms with E-state index in [-0.39, 0.29) is 0 Å². The Morgan fingerprint density at radius 1 is 1.18 bits per heavy atom. The van der Waals surface area contributed by atoms with Crippen molar-refractivity contribution in [1.29, 1.82) is 0 Å². The lowest BCUT2D eigenvalue weighted by atomic mass is 10.2. The lowest BCUT2D eigenvalue weighted by molar-refractivity contribution is 0.292. The van der Waals surface area contributed by atoms with E-state index in [1.54, 1.807) is 0 Å². The Morgan fingerprint density at radius 3 is 2.59 bits per heavy atom. The third-order valence-electron chi connectivity index (χ3n) is 2.89. The highest BCUT2D eigenvalue weighted by Gasteiger charge is 2.00. The van der Waals surface area contributed by atoms with Crippen molar-refractivity contribution >= 4 is 0 Å². The predicted octanol–water partition coefficient (Wildman–Crippen LogP) is 3.20. The van der Waals surface area contributed by atoms with Crippen molar-refractivity contribution in [2.24, 2.45) is 5.73 Å². The van der Waals surface area contributed by atoms with Crippen molar-refractivity contribution in [3.8, 4) is 5.88 Å². The maximum atomic E-state index is 5.61. The number of pyridine rings is 1. The molecule has 0 atom stereocenters. The molecular formula is C14H24N2O. The Morgan fingerprint density at radius 2 is 1.94 bits per heavy atom. The predicted molar refractivity (Wildman–Crippen MR) is 71.1 cm³/mol. The second-order valence-electron chi connectivity index (χ2n) is 4.36. The van der Waals surface area contributed by atoms with Crippen LogP contribution in [-0.4, -0.2) is 11.6 Å². The minimum absolute atomic E-state index is 0.538. The Kier molecular flexibility index (Phi) is 6.63. The molecule has 0 unspecified atom stereocenters. The number of hydrogen-bond donors (Lipinski definition) is 1. The summed E-state index contributed by atoms with van der Waals surface area (Å²) in [5, 5.41) is 0. The fourth-order valence-electron chi connectivity index (χ4n) is 1.75. The van der Waals surface area contributed by atoms with Gasteiger partial charge in [-0.1, -0.05) is 38.7 Å². The number of nitrogens with zero attached hydrogens (tertiary/aromatic N) is 1. The summed E-state index contributed by atoms with van der Waals surface area (Å²) in [4.78, 5) is 4.38. The minimum Gasteiger partial charge on any atom is -0.478 e. The third kappa shape index (κ3) is 5.18. The number of ether oxygens (including phenoxy) is 1. The third-order valence-corrected chi connectivity index (χ3v) is 2.89. The van der Waals surface area contributed by atoms with Gasteiger partial charge in [-0.05, 0) is 18.9 Å². The van der Waals surface area contributed by atoms with Crippen LogP contribution in [0.1, 0.15) is 50.3 Å². The molecule has 96 valence electrons. The van der Waals surface area contributed by atoms with E-state index in [2.05, 4.69) is 11.9 Å². The van der Waals surface area contributed by atoms with Crippen LogP contribution in [0.3, 0.4) is 0 Å². The van der Waals surface area contributed by atoms with E-state index in [0.29, 0.717) is 6.54 Å². The van der Waals surface area contributed by atoms with Crippen LogP contribution in [0.4, 0.5) is 0 Å². The van der Waals surface area contributed by atoms with Gasteiger partial charge in [-0.15, -0.1) is 0 Å². The molecule has 0 aromatic carbocycles. The number of aromatic nitrogens is 1. The second kappa shape index (κ2) is 8.07. The largest absolute Gasteiger partial charge is 0.478 e. The Bertz CT molecular complexity index is 326. The fourth-order valence-corrected chi connectivity index (χ4v) is 1.75. The first-order chi connectivity index (χ1) is 8.27. The molecule has 2 N–H and O–H groups in total. The Hall–Kier alpha value is -1.09. The van der Waals surface area contributed by atoms with Gasteiger partial charge in [0.05, 0.1) is 6.61 Å². The van der Waals surface area contributed by atoms with E-state index < -0.39 is 0 Å². The number of rotatable bonds is 8. The van der Waals surface area contributed by atoms with Crippen LogP contribution in [0.25, 0.3) is 0 Å². The standard InChI is InChI=1S/C14H24N2O/c1-3-4-5-6-7-10-17-14-9-8-13(11-15)12(2)16-14/h8-9H,3-7,10-11,15H2,1-2H3. The molecule has 3 nitrogen and oxygen atoms in total. The van der Waals surface area contributed by atoms with E-state index in [0.717, 1.165) is 30.2 Å². The van der Waals surface area contributed by atoms with E-state index in [1.165, 1.54) is 25.7 Å². The van der Waals surface area contributed by atoms with E-state index in [4.69, 9.17) is 10.5 Å². The molecule has 1 aromatic heterocycles. The summed E-state index contributed by atoms with van der Waals surface area (Å²) in [6.45, 7) is 5.49. The first-order valence-electron chi connectivity index (χ1n) is 6.57. The number of hydrogen-bond acceptors (Lipinski definition) is 3. The summed E-state index contributed by atoms with van der Waals surface area (Å²) in [7, 11) is 0. The molecule has 0 fully saturated rings. The summed E-state index contributed by atoms with van der Waals surface area (Å²) < 4.78 is 5.61. The SMILES string of the molecule is CCCCCCCOc1ccc(CN)c(C)n1. The van der Waals surface area contributed by atoms with Gasteiger partial charge in [0.25, 0.3) is 0 Å². The molecule has 0 radical (unpaired) electrons. The molecule has 0 amide bonds. The fraction of sp³-hybridized carbons (Fsp3) is 0.643. The molecule has 0 aliphatic heterocycles. The average molecular weight is 236 g/mol. The van der Waals surface area contributed by atoms with E-state index >= 15 is 0 Å². The average Bonchev–Trinajstić information content (AvgIpc) is 2.34. The van der Waals surface area contributed by atoms with Crippen molar-refractivity contribution in [3.05, 3.63) is 23.4 Å². The van der Waals surface area contributed by atoms with Crippen molar-refractivity contribution in [2.45, 2.75) is 52.5 Å². The Balaban J connectivity index is 2.25. The van der Waals surface area contributed by atoms with Gasteiger partial charge in [-0.25, -0.2) is 4.98 Å². The highest BCUT2D eigenvalue weighted by atomic mass is 16.5. The van der Waals surface area contributed by atoms with Crippen LogP contribution < -0.4 is 10.5 Å². The molecule has 0 bridgehead atoms. The minimum atomic E-state index is 0.538. The monoisotopic (exact) mass is 236 g/mol. The van der Waals surface area contributed by atoms with Crippen molar-refractivity contribution in [1.82, 2.24) is 4.98 Å². The Labute approximate surface area is 104 Å². The summed E-state index contributed by atoms with van der Waals surface area (Å²) in [5.41, 5.74) is 7.64. The molecule has 0 aliphatic rings. The summed E-state index contributed by atoms with van der Waals surface area (Å²) >= 11 is 0. The summed E-state index contributed by atoms with van der Waals surface area (Å²) in [5.74, 6) is 0.718. The highest BCUT2D eigenvalue weighted by molar-refractivity contribution is 5.24. The zero-order valence-corrected chi connectivity index (χ0v) is 11.0. The van der Waals surface area contributed by atoms with Gasteiger partial charge >= 0.3 is 0 Å². The quantitative estimate of drug-likeness (QED) is 0.705. The van der Waals surface area contributed by atoms with Crippen molar-refractivity contribution < 1.29 is 4.74 Å². The van der Waals surface area contributed by atoms with Crippen LogP contribution in [-0.2, 0) is 6.54 Å². The molecular weight excluding hydrogens is 212 g/mol. The van der Waals surface area contributed by atoms with Gasteiger partial charge in [-0.2, -0.15) is 0 Å². The summed E-state index contributed by atoms with van der Waals surface area (Å²) in [6, 6.07) is 3.90. The van der Waals surface area contributed by atoms with E-state index in [1.807, 2.05) is 19.1 Å². The van der Waals surface area contributed by atoms with Crippen molar-refractivity contribution in [2.75, 3.05) is 6.61 Å². The smallest absolute Gasteiger partial charge is 0.213 e. The molecule has 3 heteroatoms. The van der Waals surface area contributed by atoms with Crippen LogP contribution in [0.2, 0.25) is 0 Å². The van der Waals surface area contributed by atoms with Crippen LogP contribution in [0.5, 0.6) is 5.88 Å². The number of unbranched alkanes of at least 4 members (excludes halogenated alkanes) is 4. The van der Waals surface area contributed by atoms with Gasteiger partial charge in [0.2, 0.25) is 5.88 Å². The van der Waals surface area contributed by atoms with Gasteiger partial charge in [0.1, 0.15) is 0 Å². The molecule has 0 saturated carbocycles. The second-order valence-corrected chi connectivity index (χ2v) is 4.36. The lowest BCUT2D eigenvalue weighted by Crippen LogP contribution is -2.04. The molecule has 1 rings (SSSR count).